The minimum absolute atomic E-state index is 0.0741. The van der Waals surface area contributed by atoms with Gasteiger partial charge in [0, 0.05) is 18.7 Å². The molecule has 2 atom stereocenters. The molecule has 1 N–H and O–H groups in total. The Morgan fingerprint density at radius 2 is 1.96 bits per heavy atom. The van der Waals surface area contributed by atoms with Crippen LogP contribution < -0.4 is 14.8 Å². The predicted octanol–water partition coefficient (Wildman–Crippen LogP) is 2.93. The third kappa shape index (κ3) is 3.54. The van der Waals surface area contributed by atoms with Crippen molar-refractivity contribution in [2.75, 3.05) is 39.9 Å². The van der Waals surface area contributed by atoms with Gasteiger partial charge in [-0.05, 0) is 72.8 Å². The van der Waals surface area contributed by atoms with Crippen molar-refractivity contribution in [3.05, 3.63) is 22.2 Å². The summed E-state index contributed by atoms with van der Waals surface area (Å²) in [6.07, 6.45) is 2.16. The lowest BCUT2D eigenvalue weighted by Crippen LogP contribution is -2.32. The lowest BCUT2D eigenvalue weighted by Gasteiger charge is -2.22. The van der Waals surface area contributed by atoms with Gasteiger partial charge in [-0.25, -0.2) is 0 Å². The van der Waals surface area contributed by atoms with Gasteiger partial charge in [-0.1, -0.05) is 0 Å². The lowest BCUT2D eigenvalue weighted by atomic mass is 9.92. The van der Waals surface area contributed by atoms with E-state index in [1.807, 2.05) is 17.9 Å². The fourth-order valence-corrected chi connectivity index (χ4v) is 4.29. The summed E-state index contributed by atoms with van der Waals surface area (Å²) in [6, 6.07) is 3.62. The normalized spacial score (nSPS) is 23.5. The first-order valence-corrected chi connectivity index (χ1v) is 9.43. The van der Waals surface area contributed by atoms with Gasteiger partial charge in [0.1, 0.15) is 0 Å². The molecule has 2 aliphatic heterocycles. The first-order chi connectivity index (χ1) is 11.6. The molecule has 24 heavy (non-hydrogen) atoms. The fraction of sp³-hybridized carbons (Fsp3) is 0.611. The molecule has 2 fully saturated rings. The molecule has 0 spiro atoms. The average molecular weight is 397 g/mol. The number of fused-ring (bicyclic) bond motifs is 1. The number of ether oxygens (including phenoxy) is 2. The Kier molecular flexibility index (Phi) is 5.66. The zero-order valence-corrected chi connectivity index (χ0v) is 15.9. The summed E-state index contributed by atoms with van der Waals surface area (Å²) in [5, 5.41) is 3.47. The summed E-state index contributed by atoms with van der Waals surface area (Å²) in [5.74, 6) is 2.73. The number of nitrogens with zero attached hydrogens (tertiary/aromatic N) is 1. The van der Waals surface area contributed by atoms with E-state index in [9.17, 15) is 4.79 Å². The number of hydrogen-bond donors (Lipinski definition) is 1. The molecule has 0 aromatic heterocycles. The van der Waals surface area contributed by atoms with Gasteiger partial charge in [-0.3, -0.25) is 4.79 Å². The number of halogens is 1. The van der Waals surface area contributed by atoms with Gasteiger partial charge in [0.25, 0.3) is 5.91 Å². The number of carbonyl (C=O) groups is 1. The number of likely N-dealkylation sites (tertiary alicyclic amines) is 1. The zero-order valence-electron chi connectivity index (χ0n) is 14.3. The van der Waals surface area contributed by atoms with E-state index in [4.69, 9.17) is 9.47 Å². The third-order valence-electron chi connectivity index (χ3n) is 5.07. The highest BCUT2D eigenvalue weighted by molar-refractivity contribution is 9.10. The highest BCUT2D eigenvalue weighted by atomic mass is 79.9. The van der Waals surface area contributed by atoms with Crippen LogP contribution in [0.15, 0.2) is 16.6 Å². The van der Waals surface area contributed by atoms with Crippen LogP contribution in [0.5, 0.6) is 11.5 Å². The predicted molar refractivity (Wildman–Crippen MR) is 96.9 cm³/mol. The monoisotopic (exact) mass is 396 g/mol. The number of carbonyl (C=O) groups excluding carboxylic acids is 1. The Bertz CT molecular complexity index is 594. The molecule has 2 heterocycles. The molecule has 2 aliphatic rings. The summed E-state index contributed by atoms with van der Waals surface area (Å²) >= 11 is 3.50. The Labute approximate surface area is 151 Å². The maximum Gasteiger partial charge on any atom is 0.254 e. The number of nitrogens with one attached hydrogen (secondary N) is 1. The van der Waals surface area contributed by atoms with Crippen LogP contribution in [0.3, 0.4) is 0 Å². The number of benzene rings is 1. The molecule has 2 saturated heterocycles. The highest BCUT2D eigenvalue weighted by Gasteiger charge is 2.32. The molecule has 1 amide bonds. The summed E-state index contributed by atoms with van der Waals surface area (Å²) in [7, 11) is 1.60. The molecule has 5 nitrogen and oxygen atoms in total. The summed E-state index contributed by atoms with van der Waals surface area (Å²) in [6.45, 7) is 6.31. The van der Waals surface area contributed by atoms with Crippen molar-refractivity contribution in [1.29, 1.82) is 0 Å². The van der Waals surface area contributed by atoms with Crippen molar-refractivity contribution in [2.45, 2.75) is 19.8 Å². The number of hydrogen-bond acceptors (Lipinski definition) is 4. The van der Waals surface area contributed by atoms with Gasteiger partial charge in [0.15, 0.2) is 11.5 Å². The Morgan fingerprint density at radius 3 is 2.54 bits per heavy atom. The quantitative estimate of drug-likeness (QED) is 0.849. The molecule has 0 aliphatic carbocycles. The van der Waals surface area contributed by atoms with E-state index in [0.717, 1.165) is 43.5 Å². The molecule has 0 radical (unpaired) electrons. The second-order valence-electron chi connectivity index (χ2n) is 6.47. The Hall–Kier alpha value is -1.27. The van der Waals surface area contributed by atoms with Crippen molar-refractivity contribution in [1.82, 2.24) is 10.2 Å². The van der Waals surface area contributed by atoms with Gasteiger partial charge in [0.05, 0.1) is 18.2 Å². The maximum absolute atomic E-state index is 13.0. The van der Waals surface area contributed by atoms with Crippen molar-refractivity contribution in [3.8, 4) is 11.5 Å². The van der Waals surface area contributed by atoms with Crippen molar-refractivity contribution >= 4 is 21.8 Å². The van der Waals surface area contributed by atoms with Crippen LogP contribution >= 0.6 is 15.9 Å². The summed E-state index contributed by atoms with van der Waals surface area (Å²) in [5.41, 5.74) is 0.646. The second-order valence-corrected chi connectivity index (χ2v) is 7.32. The molecule has 0 bridgehead atoms. The van der Waals surface area contributed by atoms with Crippen LogP contribution in [0.25, 0.3) is 0 Å². The molecule has 1 aromatic rings. The molecular formula is C18H25BrN2O3. The maximum atomic E-state index is 13.0. The zero-order chi connectivity index (χ0) is 17.1. The standard InChI is InChI=1S/C18H25BrN2O3/c1-3-24-17-15(19)8-14(9-16(17)23-2)18(22)21-6-4-12-10-20-11-13(12)5-7-21/h8-9,12-13,20H,3-7,10-11H2,1-2H3/t12-,13+. The van der Waals surface area contributed by atoms with E-state index in [1.165, 1.54) is 0 Å². The van der Waals surface area contributed by atoms with Gasteiger partial charge >= 0.3 is 0 Å². The largest absolute Gasteiger partial charge is 0.493 e. The number of amides is 1. The van der Waals surface area contributed by atoms with E-state index in [-0.39, 0.29) is 5.91 Å². The van der Waals surface area contributed by atoms with E-state index >= 15 is 0 Å². The van der Waals surface area contributed by atoms with Crippen molar-refractivity contribution in [3.63, 3.8) is 0 Å². The molecule has 132 valence electrons. The Morgan fingerprint density at radius 1 is 1.29 bits per heavy atom. The van der Waals surface area contributed by atoms with Crippen LogP contribution in [0, 0.1) is 11.8 Å². The third-order valence-corrected chi connectivity index (χ3v) is 5.66. The molecule has 6 heteroatoms. The van der Waals surface area contributed by atoms with E-state index in [2.05, 4.69) is 21.2 Å². The van der Waals surface area contributed by atoms with Crippen LogP contribution in [0.2, 0.25) is 0 Å². The van der Waals surface area contributed by atoms with Crippen molar-refractivity contribution in [2.24, 2.45) is 11.8 Å². The first-order valence-electron chi connectivity index (χ1n) is 8.64. The second kappa shape index (κ2) is 7.74. The SMILES string of the molecule is CCOc1c(Br)cc(C(=O)N2CC[C@@H]3CNC[C@@H]3CC2)cc1OC. The highest BCUT2D eigenvalue weighted by Crippen LogP contribution is 2.37. The van der Waals surface area contributed by atoms with Gasteiger partial charge in [0.2, 0.25) is 0 Å². The smallest absolute Gasteiger partial charge is 0.254 e. The van der Waals surface area contributed by atoms with Crippen LogP contribution in [0.1, 0.15) is 30.1 Å². The Balaban J connectivity index is 1.78. The van der Waals surface area contributed by atoms with E-state index in [0.29, 0.717) is 35.5 Å². The first kappa shape index (κ1) is 17.5. The van der Waals surface area contributed by atoms with E-state index < -0.39 is 0 Å². The summed E-state index contributed by atoms with van der Waals surface area (Å²) in [4.78, 5) is 14.9. The minimum Gasteiger partial charge on any atom is -0.493 e. The molecule has 0 saturated carbocycles. The topological polar surface area (TPSA) is 50.8 Å². The molecule has 1 aromatic carbocycles. The fourth-order valence-electron chi connectivity index (χ4n) is 3.73. The molecular weight excluding hydrogens is 372 g/mol. The van der Waals surface area contributed by atoms with Gasteiger partial charge < -0.3 is 19.7 Å². The van der Waals surface area contributed by atoms with Crippen LogP contribution in [-0.2, 0) is 0 Å². The van der Waals surface area contributed by atoms with Gasteiger partial charge in [-0.2, -0.15) is 0 Å². The minimum atomic E-state index is 0.0741. The lowest BCUT2D eigenvalue weighted by molar-refractivity contribution is 0.0758. The molecule has 3 rings (SSSR count). The van der Waals surface area contributed by atoms with Crippen LogP contribution in [-0.4, -0.2) is 50.7 Å². The average Bonchev–Trinajstić information content (AvgIpc) is 2.94. The summed E-state index contributed by atoms with van der Waals surface area (Å²) < 4.78 is 11.8. The number of rotatable bonds is 4. The van der Waals surface area contributed by atoms with Crippen molar-refractivity contribution < 1.29 is 14.3 Å². The van der Waals surface area contributed by atoms with E-state index in [1.54, 1.807) is 13.2 Å². The van der Waals surface area contributed by atoms with Gasteiger partial charge in [-0.15, -0.1) is 0 Å². The number of methoxy groups -OCH3 is 1. The molecule has 0 unspecified atom stereocenters. The van der Waals surface area contributed by atoms with Crippen LogP contribution in [0.4, 0.5) is 0 Å².